The second-order valence-electron chi connectivity index (χ2n) is 8.48. The van der Waals surface area contributed by atoms with E-state index in [-0.39, 0.29) is 30.8 Å². The Morgan fingerprint density at radius 1 is 1.00 bits per heavy atom. The summed E-state index contributed by atoms with van der Waals surface area (Å²) < 4.78 is 5.49. The number of benzene rings is 2. The number of rotatable bonds is 11. The summed E-state index contributed by atoms with van der Waals surface area (Å²) in [6.45, 7) is 4.25. The van der Waals surface area contributed by atoms with Gasteiger partial charge in [-0.1, -0.05) is 61.9 Å². The maximum absolute atomic E-state index is 12.3. The van der Waals surface area contributed by atoms with Crippen molar-refractivity contribution >= 4 is 18.0 Å². The Balaban J connectivity index is 1.45. The van der Waals surface area contributed by atoms with Gasteiger partial charge in [0.25, 0.3) is 0 Å². The number of alkyl carbamates (subject to hydrolysis) is 1. The first-order valence-electron chi connectivity index (χ1n) is 11.5. The van der Waals surface area contributed by atoms with Crippen molar-refractivity contribution < 1.29 is 24.2 Å². The normalized spacial score (nSPS) is 14.0. The molecule has 7 heteroatoms. The third-order valence-corrected chi connectivity index (χ3v) is 6.27. The van der Waals surface area contributed by atoms with Crippen LogP contribution in [0.25, 0.3) is 11.1 Å². The number of hydrogen-bond acceptors (Lipinski definition) is 4. The zero-order valence-electron chi connectivity index (χ0n) is 19.2. The van der Waals surface area contributed by atoms with E-state index in [2.05, 4.69) is 34.9 Å². The van der Waals surface area contributed by atoms with Crippen LogP contribution < -0.4 is 10.6 Å². The van der Waals surface area contributed by atoms with E-state index in [0.29, 0.717) is 19.4 Å². The molecule has 0 saturated carbocycles. The van der Waals surface area contributed by atoms with E-state index in [9.17, 15) is 14.4 Å². The van der Waals surface area contributed by atoms with Crippen LogP contribution in [-0.4, -0.2) is 42.3 Å². The first kappa shape index (κ1) is 24.3. The highest BCUT2D eigenvalue weighted by molar-refractivity contribution is 5.85. The van der Waals surface area contributed by atoms with Crippen LogP contribution in [0, 0.1) is 5.92 Å². The van der Waals surface area contributed by atoms with Crippen molar-refractivity contribution in [3.8, 4) is 11.1 Å². The molecule has 0 bridgehead atoms. The Morgan fingerprint density at radius 3 is 2.18 bits per heavy atom. The molecule has 2 aromatic rings. The number of ether oxygens (including phenoxy) is 1. The van der Waals surface area contributed by atoms with Gasteiger partial charge in [-0.05, 0) is 47.9 Å². The van der Waals surface area contributed by atoms with E-state index in [0.717, 1.165) is 28.7 Å². The van der Waals surface area contributed by atoms with Gasteiger partial charge in [0.05, 0.1) is 0 Å². The maximum atomic E-state index is 12.3. The molecular weight excluding hydrogens is 420 g/mol. The summed E-state index contributed by atoms with van der Waals surface area (Å²) >= 11 is 0. The third kappa shape index (κ3) is 6.34. The lowest BCUT2D eigenvalue weighted by atomic mass is 9.96. The SMILES string of the molecule is CCC(CCNC(=O)C(C)NC(=O)OCC1c2ccccc2-c2ccccc21)CCC(=O)O. The van der Waals surface area contributed by atoms with Crippen LogP contribution in [0.4, 0.5) is 4.79 Å². The molecular formula is C26H32N2O5. The zero-order chi connectivity index (χ0) is 23.8. The minimum atomic E-state index is -0.807. The van der Waals surface area contributed by atoms with Gasteiger partial charge in [-0.2, -0.15) is 0 Å². The molecule has 0 fully saturated rings. The predicted molar refractivity (Wildman–Crippen MR) is 126 cm³/mol. The highest BCUT2D eigenvalue weighted by atomic mass is 16.5. The van der Waals surface area contributed by atoms with Gasteiger partial charge in [-0.3, -0.25) is 9.59 Å². The first-order valence-corrected chi connectivity index (χ1v) is 11.5. The van der Waals surface area contributed by atoms with Crippen LogP contribution in [0.15, 0.2) is 48.5 Å². The summed E-state index contributed by atoms with van der Waals surface area (Å²) in [6.07, 6.45) is 1.65. The lowest BCUT2D eigenvalue weighted by Crippen LogP contribution is -2.45. The van der Waals surface area contributed by atoms with Gasteiger partial charge >= 0.3 is 12.1 Å². The number of fused-ring (bicyclic) bond motifs is 3. The second-order valence-corrected chi connectivity index (χ2v) is 8.48. The van der Waals surface area contributed by atoms with E-state index in [1.54, 1.807) is 6.92 Å². The van der Waals surface area contributed by atoms with Crippen LogP contribution in [0.3, 0.4) is 0 Å². The van der Waals surface area contributed by atoms with E-state index < -0.39 is 18.1 Å². The molecule has 33 heavy (non-hydrogen) atoms. The predicted octanol–water partition coefficient (Wildman–Crippen LogP) is 4.31. The third-order valence-electron chi connectivity index (χ3n) is 6.27. The van der Waals surface area contributed by atoms with Crippen molar-refractivity contribution in [2.45, 2.75) is 51.5 Å². The lowest BCUT2D eigenvalue weighted by Gasteiger charge is -2.18. The number of hydrogen-bond donors (Lipinski definition) is 3. The fourth-order valence-electron chi connectivity index (χ4n) is 4.32. The average Bonchev–Trinajstić information content (AvgIpc) is 3.13. The van der Waals surface area contributed by atoms with Gasteiger partial charge in [-0.15, -0.1) is 0 Å². The molecule has 0 saturated heterocycles. The highest BCUT2D eigenvalue weighted by Gasteiger charge is 2.29. The molecule has 0 radical (unpaired) electrons. The van der Waals surface area contributed by atoms with Crippen molar-refractivity contribution in [2.75, 3.05) is 13.2 Å². The lowest BCUT2D eigenvalue weighted by molar-refractivity contribution is -0.137. The van der Waals surface area contributed by atoms with Gasteiger partial charge in [0.2, 0.25) is 5.91 Å². The van der Waals surface area contributed by atoms with Crippen LogP contribution in [0.1, 0.15) is 56.6 Å². The number of carbonyl (C=O) groups is 3. The first-order chi connectivity index (χ1) is 15.9. The van der Waals surface area contributed by atoms with Gasteiger partial charge < -0.3 is 20.5 Å². The molecule has 1 aliphatic carbocycles. The topological polar surface area (TPSA) is 105 Å². The van der Waals surface area contributed by atoms with Gasteiger partial charge in [0.1, 0.15) is 12.6 Å². The van der Waals surface area contributed by atoms with Crippen molar-refractivity contribution in [3.63, 3.8) is 0 Å². The Bertz CT molecular complexity index is 945. The van der Waals surface area contributed by atoms with E-state index in [1.807, 2.05) is 31.2 Å². The van der Waals surface area contributed by atoms with Gasteiger partial charge in [-0.25, -0.2) is 4.79 Å². The maximum Gasteiger partial charge on any atom is 0.407 e. The summed E-state index contributed by atoms with van der Waals surface area (Å²) in [4.78, 5) is 35.4. The van der Waals surface area contributed by atoms with E-state index in [1.165, 1.54) is 0 Å². The largest absolute Gasteiger partial charge is 0.481 e. The summed E-state index contributed by atoms with van der Waals surface area (Å²) in [5.74, 6) is -0.897. The fourth-order valence-corrected chi connectivity index (χ4v) is 4.32. The van der Waals surface area contributed by atoms with Crippen molar-refractivity contribution in [1.29, 1.82) is 0 Å². The molecule has 2 amide bonds. The molecule has 3 rings (SSSR count). The Hall–Kier alpha value is -3.35. The van der Waals surface area contributed by atoms with Crippen molar-refractivity contribution in [3.05, 3.63) is 59.7 Å². The number of carboxylic acid groups (broad SMARTS) is 1. The van der Waals surface area contributed by atoms with Crippen molar-refractivity contribution in [2.24, 2.45) is 5.92 Å². The number of amides is 2. The molecule has 0 aliphatic heterocycles. The quantitative estimate of drug-likeness (QED) is 0.471. The summed E-state index contributed by atoms with van der Waals surface area (Å²) in [7, 11) is 0. The van der Waals surface area contributed by atoms with Crippen LogP contribution in [0.5, 0.6) is 0 Å². The molecule has 2 aromatic carbocycles. The van der Waals surface area contributed by atoms with Gasteiger partial charge in [0, 0.05) is 18.9 Å². The standard InChI is InChI=1S/C26H32N2O5/c1-3-18(12-13-24(29)30)14-15-27-25(31)17(2)28-26(32)33-16-23-21-10-6-4-8-19(21)20-9-5-7-11-22(20)23/h4-11,17-18,23H,3,12-16H2,1-2H3,(H,27,31)(H,28,32)(H,29,30). The molecule has 2 unspecified atom stereocenters. The van der Waals surface area contributed by atoms with Gasteiger partial charge in [0.15, 0.2) is 0 Å². The second kappa shape index (κ2) is 11.5. The molecule has 0 aromatic heterocycles. The number of carbonyl (C=O) groups excluding carboxylic acids is 2. The minimum absolute atomic E-state index is 0.0379. The number of aliphatic carboxylic acids is 1. The Kier molecular flexibility index (Phi) is 8.46. The Morgan fingerprint density at radius 2 is 1.61 bits per heavy atom. The molecule has 176 valence electrons. The number of carboxylic acids is 1. The molecule has 2 atom stereocenters. The molecule has 3 N–H and O–H groups in total. The molecule has 7 nitrogen and oxygen atoms in total. The van der Waals surface area contributed by atoms with Crippen LogP contribution >= 0.6 is 0 Å². The molecule has 0 spiro atoms. The summed E-state index contributed by atoms with van der Waals surface area (Å²) in [5.41, 5.74) is 4.57. The number of nitrogens with one attached hydrogen (secondary N) is 2. The van der Waals surface area contributed by atoms with Crippen LogP contribution in [-0.2, 0) is 14.3 Å². The Labute approximate surface area is 194 Å². The van der Waals surface area contributed by atoms with Crippen molar-refractivity contribution in [1.82, 2.24) is 10.6 Å². The van der Waals surface area contributed by atoms with Crippen LogP contribution in [0.2, 0.25) is 0 Å². The monoisotopic (exact) mass is 452 g/mol. The average molecular weight is 453 g/mol. The van der Waals surface area contributed by atoms with E-state index in [4.69, 9.17) is 9.84 Å². The zero-order valence-corrected chi connectivity index (χ0v) is 19.2. The summed E-state index contributed by atoms with van der Waals surface area (Å²) in [6, 6.07) is 15.5. The van der Waals surface area contributed by atoms with E-state index >= 15 is 0 Å². The smallest absolute Gasteiger partial charge is 0.407 e. The molecule has 1 aliphatic rings. The fraction of sp³-hybridized carbons (Fsp3) is 0.423. The minimum Gasteiger partial charge on any atom is -0.481 e. The summed E-state index contributed by atoms with van der Waals surface area (Å²) in [5, 5.41) is 14.2. The highest BCUT2D eigenvalue weighted by Crippen LogP contribution is 2.44. The molecule has 0 heterocycles.